The molecule has 5 nitrogen and oxygen atoms in total. The molecule has 2 rings (SSSR count). The summed E-state index contributed by atoms with van der Waals surface area (Å²) >= 11 is 0. The molecule has 0 aliphatic heterocycles. The number of aryl methyl sites for hydroxylation is 1. The minimum Gasteiger partial charge on any atom is -0.275 e. The minimum absolute atomic E-state index is 0.0538. The van der Waals surface area contributed by atoms with Gasteiger partial charge in [0, 0.05) is 17.6 Å². The number of hydrogen-bond acceptors (Lipinski definition) is 3. The number of pyridine rings is 1. The maximum absolute atomic E-state index is 12.6. The molecule has 0 amide bonds. The average Bonchev–Trinajstić information content (AvgIpc) is 2.69. The zero-order valence-corrected chi connectivity index (χ0v) is 10.2. The van der Waals surface area contributed by atoms with E-state index in [-0.39, 0.29) is 11.3 Å². The van der Waals surface area contributed by atoms with E-state index < -0.39 is 11.5 Å². The maximum Gasteiger partial charge on any atom is 0.320 e. The largest absolute Gasteiger partial charge is 0.320 e. The number of hydrogen-bond donors (Lipinski definition) is 0. The van der Waals surface area contributed by atoms with Crippen molar-refractivity contribution >= 4 is 16.7 Å². The Labute approximate surface area is 102 Å². The summed E-state index contributed by atoms with van der Waals surface area (Å²) in [5.74, 6) is 0. The van der Waals surface area contributed by atoms with Gasteiger partial charge in [-0.25, -0.2) is 4.98 Å². The van der Waals surface area contributed by atoms with Crippen LogP contribution in [-0.2, 0) is 0 Å². The molecule has 0 fully saturated rings. The molecular formula is C11H13F2N3O2. The average molecular weight is 257 g/mol. The first-order chi connectivity index (χ1) is 8.50. The SMILES string of the molecule is CC.Cc1cn(C(F)F)c2ncc([N+](=O)[O-])cc12. The monoisotopic (exact) mass is 257 g/mol. The number of fused-ring (bicyclic) bond motifs is 1. The van der Waals surface area contributed by atoms with Crippen molar-refractivity contribution in [1.29, 1.82) is 0 Å². The van der Waals surface area contributed by atoms with Gasteiger partial charge in [-0.15, -0.1) is 0 Å². The number of aromatic nitrogens is 2. The molecule has 0 saturated carbocycles. The smallest absolute Gasteiger partial charge is 0.275 e. The van der Waals surface area contributed by atoms with Gasteiger partial charge < -0.3 is 0 Å². The van der Waals surface area contributed by atoms with Crippen LogP contribution < -0.4 is 0 Å². The Bertz CT molecular complexity index is 567. The van der Waals surface area contributed by atoms with E-state index in [2.05, 4.69) is 4.98 Å². The molecule has 7 heteroatoms. The third-order valence-electron chi connectivity index (χ3n) is 2.28. The van der Waals surface area contributed by atoms with E-state index in [9.17, 15) is 18.9 Å². The number of rotatable bonds is 2. The standard InChI is InChI=1S/C9H7F2N3O2.C2H6/c1-5-4-13(9(10)11)8-7(5)2-6(3-12-8)14(15)16;1-2/h2-4,9H,1H3;1-2H3. The van der Waals surface area contributed by atoms with Crippen LogP contribution in [0.1, 0.15) is 26.0 Å². The van der Waals surface area contributed by atoms with Crippen LogP contribution in [-0.4, -0.2) is 14.5 Å². The topological polar surface area (TPSA) is 61.0 Å². The van der Waals surface area contributed by atoms with Gasteiger partial charge in [-0.3, -0.25) is 14.7 Å². The second-order valence-electron chi connectivity index (χ2n) is 3.32. The first kappa shape index (κ1) is 14.0. The van der Waals surface area contributed by atoms with Gasteiger partial charge in [0.15, 0.2) is 0 Å². The molecule has 0 aliphatic rings. The van der Waals surface area contributed by atoms with Crippen molar-refractivity contribution in [1.82, 2.24) is 9.55 Å². The van der Waals surface area contributed by atoms with Gasteiger partial charge in [-0.1, -0.05) is 13.8 Å². The highest BCUT2D eigenvalue weighted by atomic mass is 19.3. The lowest BCUT2D eigenvalue weighted by Gasteiger charge is -2.00. The summed E-state index contributed by atoms with van der Waals surface area (Å²) < 4.78 is 25.8. The van der Waals surface area contributed by atoms with E-state index >= 15 is 0 Å². The van der Waals surface area contributed by atoms with Crippen LogP contribution in [0.15, 0.2) is 18.5 Å². The van der Waals surface area contributed by atoms with Crippen LogP contribution in [0.3, 0.4) is 0 Å². The molecule has 0 radical (unpaired) electrons. The Morgan fingerprint density at radius 3 is 2.56 bits per heavy atom. The fourth-order valence-electron chi connectivity index (χ4n) is 1.53. The maximum atomic E-state index is 12.6. The van der Waals surface area contributed by atoms with Crippen LogP contribution >= 0.6 is 0 Å². The third kappa shape index (κ3) is 2.44. The van der Waals surface area contributed by atoms with Crippen LogP contribution in [0, 0.1) is 17.0 Å². The van der Waals surface area contributed by atoms with E-state index in [0.717, 1.165) is 6.20 Å². The molecule has 0 atom stereocenters. The van der Waals surface area contributed by atoms with Gasteiger partial charge in [0.2, 0.25) is 0 Å². The predicted octanol–water partition coefficient (Wildman–Crippen LogP) is 3.67. The van der Waals surface area contributed by atoms with Gasteiger partial charge in [-0.2, -0.15) is 8.78 Å². The molecular weight excluding hydrogens is 244 g/mol. The number of alkyl halides is 2. The van der Waals surface area contributed by atoms with E-state index in [1.807, 2.05) is 13.8 Å². The molecule has 18 heavy (non-hydrogen) atoms. The molecule has 98 valence electrons. The van der Waals surface area contributed by atoms with Crippen LogP contribution in [0.25, 0.3) is 11.0 Å². The Hall–Kier alpha value is -2.05. The molecule has 0 aliphatic carbocycles. The van der Waals surface area contributed by atoms with Crippen molar-refractivity contribution in [3.8, 4) is 0 Å². The third-order valence-corrected chi connectivity index (χ3v) is 2.28. The Morgan fingerprint density at radius 2 is 2.06 bits per heavy atom. The molecule has 0 spiro atoms. The molecule has 0 bridgehead atoms. The van der Waals surface area contributed by atoms with Crippen molar-refractivity contribution in [2.24, 2.45) is 0 Å². The van der Waals surface area contributed by atoms with Crippen molar-refractivity contribution in [2.75, 3.05) is 0 Å². The highest BCUT2D eigenvalue weighted by Crippen LogP contribution is 2.26. The van der Waals surface area contributed by atoms with Crippen molar-refractivity contribution in [3.63, 3.8) is 0 Å². The number of nitro groups is 1. The zero-order chi connectivity index (χ0) is 13.9. The summed E-state index contributed by atoms with van der Waals surface area (Å²) in [5.41, 5.74) is 0.382. The summed E-state index contributed by atoms with van der Waals surface area (Å²) in [6, 6.07) is 1.25. The van der Waals surface area contributed by atoms with E-state index in [0.29, 0.717) is 15.5 Å². The summed E-state index contributed by atoms with van der Waals surface area (Å²) in [4.78, 5) is 13.6. The second kappa shape index (κ2) is 5.52. The van der Waals surface area contributed by atoms with Crippen LogP contribution in [0.4, 0.5) is 14.5 Å². The predicted molar refractivity (Wildman–Crippen MR) is 63.7 cm³/mol. The summed E-state index contributed by atoms with van der Waals surface area (Å²) in [7, 11) is 0. The fraction of sp³-hybridized carbons (Fsp3) is 0.364. The van der Waals surface area contributed by atoms with Gasteiger partial charge in [0.05, 0.1) is 4.92 Å². The van der Waals surface area contributed by atoms with Crippen LogP contribution in [0.2, 0.25) is 0 Å². The second-order valence-corrected chi connectivity index (χ2v) is 3.32. The van der Waals surface area contributed by atoms with Gasteiger partial charge in [-0.05, 0) is 12.5 Å². The Balaban J connectivity index is 0.000000771. The van der Waals surface area contributed by atoms with Gasteiger partial charge in [0.1, 0.15) is 11.8 Å². The van der Waals surface area contributed by atoms with Crippen molar-refractivity contribution < 1.29 is 13.7 Å². The normalized spacial score (nSPS) is 10.3. The van der Waals surface area contributed by atoms with E-state index in [1.165, 1.54) is 12.3 Å². The zero-order valence-electron chi connectivity index (χ0n) is 10.2. The van der Waals surface area contributed by atoms with Gasteiger partial charge in [0.25, 0.3) is 5.69 Å². The Morgan fingerprint density at radius 1 is 1.44 bits per heavy atom. The highest BCUT2D eigenvalue weighted by molar-refractivity contribution is 5.82. The first-order valence-electron chi connectivity index (χ1n) is 5.40. The summed E-state index contributed by atoms with van der Waals surface area (Å²) in [6.45, 7) is 2.90. The van der Waals surface area contributed by atoms with Crippen molar-refractivity contribution in [3.05, 3.63) is 34.1 Å². The molecule has 0 N–H and O–H groups in total. The van der Waals surface area contributed by atoms with Crippen LogP contribution in [0.5, 0.6) is 0 Å². The highest BCUT2D eigenvalue weighted by Gasteiger charge is 2.16. The summed E-state index contributed by atoms with van der Waals surface area (Å²) in [5, 5.41) is 10.9. The van der Waals surface area contributed by atoms with E-state index in [1.54, 1.807) is 6.92 Å². The van der Waals surface area contributed by atoms with E-state index in [4.69, 9.17) is 0 Å². The molecule has 0 aromatic carbocycles. The molecule has 2 aromatic heterocycles. The Kier molecular flexibility index (Phi) is 4.30. The van der Waals surface area contributed by atoms with Gasteiger partial charge >= 0.3 is 6.55 Å². The molecule has 2 aromatic rings. The number of halogens is 2. The fourth-order valence-corrected chi connectivity index (χ4v) is 1.53. The lowest BCUT2D eigenvalue weighted by molar-refractivity contribution is -0.385. The molecule has 0 saturated heterocycles. The first-order valence-corrected chi connectivity index (χ1v) is 5.40. The lowest BCUT2D eigenvalue weighted by Crippen LogP contribution is -1.97. The minimum atomic E-state index is -2.70. The van der Waals surface area contributed by atoms with Crippen molar-refractivity contribution in [2.45, 2.75) is 27.3 Å². The summed E-state index contributed by atoms with van der Waals surface area (Å²) in [6.07, 6.45) is 2.20. The lowest BCUT2D eigenvalue weighted by atomic mass is 10.2. The molecule has 0 unspecified atom stereocenters. The quantitative estimate of drug-likeness (QED) is 0.609. The molecule has 2 heterocycles. The number of nitrogens with zero attached hydrogens (tertiary/aromatic N) is 3.